The van der Waals surface area contributed by atoms with Crippen molar-refractivity contribution in [2.75, 3.05) is 20.2 Å². The van der Waals surface area contributed by atoms with E-state index in [9.17, 15) is 0 Å². The Balaban J connectivity index is 1.72. The highest BCUT2D eigenvalue weighted by atomic mass is 16.5. The van der Waals surface area contributed by atoms with E-state index in [0.717, 1.165) is 35.6 Å². The van der Waals surface area contributed by atoms with Crippen molar-refractivity contribution < 1.29 is 4.74 Å². The zero-order valence-corrected chi connectivity index (χ0v) is 12.3. The van der Waals surface area contributed by atoms with Crippen molar-refractivity contribution in [2.45, 2.75) is 19.0 Å². The van der Waals surface area contributed by atoms with Crippen molar-refractivity contribution in [3.63, 3.8) is 0 Å². The van der Waals surface area contributed by atoms with Crippen LogP contribution in [0.15, 0.2) is 42.7 Å². The normalized spacial score (nSPS) is 18.3. The summed E-state index contributed by atoms with van der Waals surface area (Å²) in [4.78, 5) is 6.60. The Hall–Kier alpha value is -1.91. The van der Waals surface area contributed by atoms with E-state index in [0.29, 0.717) is 12.6 Å². The van der Waals surface area contributed by atoms with E-state index in [-0.39, 0.29) is 0 Å². The Labute approximate surface area is 125 Å². The number of ether oxygens (including phenoxy) is 1. The quantitative estimate of drug-likeness (QED) is 0.914. The van der Waals surface area contributed by atoms with Crippen molar-refractivity contribution >= 4 is 0 Å². The fourth-order valence-electron chi connectivity index (χ4n) is 2.51. The van der Waals surface area contributed by atoms with Crippen molar-refractivity contribution in [3.05, 3.63) is 48.3 Å². The molecule has 0 saturated carbocycles. The lowest BCUT2D eigenvalue weighted by Crippen LogP contribution is -2.48. The molecule has 110 valence electrons. The summed E-state index contributed by atoms with van der Waals surface area (Å²) < 4.78 is 5.87. The highest BCUT2D eigenvalue weighted by molar-refractivity contribution is 5.64. The van der Waals surface area contributed by atoms with Crippen LogP contribution in [0.4, 0.5) is 0 Å². The van der Waals surface area contributed by atoms with Gasteiger partial charge in [-0.25, -0.2) is 0 Å². The van der Waals surface area contributed by atoms with Crippen LogP contribution < -0.4 is 10.5 Å². The number of hydrogen-bond donors (Lipinski definition) is 1. The van der Waals surface area contributed by atoms with Gasteiger partial charge in [0.05, 0.1) is 6.20 Å². The number of nitrogens with zero attached hydrogens (tertiary/aromatic N) is 2. The van der Waals surface area contributed by atoms with Crippen LogP contribution >= 0.6 is 0 Å². The molecule has 1 aliphatic rings. The Kier molecular flexibility index (Phi) is 4.18. The third kappa shape index (κ3) is 3.23. The van der Waals surface area contributed by atoms with Gasteiger partial charge < -0.3 is 10.5 Å². The van der Waals surface area contributed by atoms with Crippen molar-refractivity contribution in [3.8, 4) is 16.9 Å². The van der Waals surface area contributed by atoms with Gasteiger partial charge in [0.2, 0.25) is 0 Å². The fourth-order valence-corrected chi connectivity index (χ4v) is 2.51. The zero-order valence-electron chi connectivity index (χ0n) is 12.3. The first-order valence-electron chi connectivity index (χ1n) is 7.34. The Morgan fingerprint density at radius 1 is 1.29 bits per heavy atom. The molecule has 2 heterocycles. The summed E-state index contributed by atoms with van der Waals surface area (Å²) >= 11 is 0. The van der Waals surface area contributed by atoms with E-state index in [1.165, 1.54) is 6.42 Å². The summed E-state index contributed by atoms with van der Waals surface area (Å²) in [6.45, 7) is 2.44. The fraction of sp³-hybridized carbons (Fsp3) is 0.353. The van der Waals surface area contributed by atoms with Crippen LogP contribution in [-0.4, -0.2) is 36.1 Å². The van der Waals surface area contributed by atoms with Gasteiger partial charge in [-0.15, -0.1) is 0 Å². The van der Waals surface area contributed by atoms with E-state index in [4.69, 9.17) is 10.5 Å². The molecule has 0 unspecified atom stereocenters. The number of likely N-dealkylation sites (N-methyl/N-ethyl adjacent to an activating group) is 1. The van der Waals surface area contributed by atoms with Crippen LogP contribution in [0.2, 0.25) is 0 Å². The van der Waals surface area contributed by atoms with E-state index < -0.39 is 0 Å². The first kappa shape index (κ1) is 14.0. The second-order valence-corrected chi connectivity index (χ2v) is 5.55. The summed E-state index contributed by atoms with van der Waals surface area (Å²) in [7, 11) is 2.13. The van der Waals surface area contributed by atoms with E-state index in [2.05, 4.69) is 29.1 Å². The maximum Gasteiger partial charge on any atom is 0.138 e. The molecular formula is C17H21N3O. The van der Waals surface area contributed by atoms with Crippen LogP contribution in [0.3, 0.4) is 0 Å². The van der Waals surface area contributed by atoms with Gasteiger partial charge >= 0.3 is 0 Å². The number of likely N-dealkylation sites (tertiary alicyclic amines) is 1. The minimum Gasteiger partial charge on any atom is -0.490 e. The molecular weight excluding hydrogens is 262 g/mol. The lowest BCUT2D eigenvalue weighted by Gasteiger charge is -2.37. The third-order valence-corrected chi connectivity index (χ3v) is 4.09. The molecule has 4 heteroatoms. The Morgan fingerprint density at radius 3 is 2.90 bits per heavy atom. The van der Waals surface area contributed by atoms with Gasteiger partial charge in [-0.3, -0.25) is 9.88 Å². The average molecular weight is 283 g/mol. The molecule has 3 rings (SSSR count). The molecule has 2 N–H and O–H groups in total. The maximum atomic E-state index is 5.87. The zero-order chi connectivity index (χ0) is 14.7. The molecule has 1 saturated heterocycles. The SMILES string of the molecule is CN1CC[C@H]1COc1cncc(-c2cccc(CN)c2)c1. The molecule has 0 radical (unpaired) electrons. The van der Waals surface area contributed by atoms with Crippen LogP contribution in [0.25, 0.3) is 11.1 Å². The summed E-state index contributed by atoms with van der Waals surface area (Å²) in [6.07, 6.45) is 4.84. The molecule has 1 aromatic carbocycles. The van der Waals surface area contributed by atoms with Crippen molar-refractivity contribution in [2.24, 2.45) is 5.73 Å². The lowest BCUT2D eigenvalue weighted by molar-refractivity contribution is 0.0768. The first-order valence-corrected chi connectivity index (χ1v) is 7.34. The number of hydrogen-bond acceptors (Lipinski definition) is 4. The van der Waals surface area contributed by atoms with Gasteiger partial charge in [-0.1, -0.05) is 18.2 Å². The van der Waals surface area contributed by atoms with Gasteiger partial charge in [-0.05, 0) is 43.3 Å². The predicted molar refractivity (Wildman–Crippen MR) is 84.1 cm³/mol. The van der Waals surface area contributed by atoms with E-state index in [1.807, 2.05) is 24.4 Å². The Bertz CT molecular complexity index is 614. The Morgan fingerprint density at radius 2 is 2.19 bits per heavy atom. The smallest absolute Gasteiger partial charge is 0.138 e. The molecule has 1 aliphatic heterocycles. The van der Waals surface area contributed by atoms with Crippen molar-refractivity contribution in [1.29, 1.82) is 0 Å². The lowest BCUT2D eigenvalue weighted by atomic mass is 10.0. The van der Waals surface area contributed by atoms with Gasteiger partial charge in [0.25, 0.3) is 0 Å². The van der Waals surface area contributed by atoms with E-state index >= 15 is 0 Å². The number of pyridine rings is 1. The minimum atomic E-state index is 0.536. The molecule has 2 aromatic rings. The second kappa shape index (κ2) is 6.24. The van der Waals surface area contributed by atoms with Crippen LogP contribution in [0.5, 0.6) is 5.75 Å². The number of nitrogens with two attached hydrogens (primary N) is 1. The predicted octanol–water partition coefficient (Wildman–Crippen LogP) is 2.29. The molecule has 21 heavy (non-hydrogen) atoms. The molecule has 0 aliphatic carbocycles. The monoisotopic (exact) mass is 283 g/mol. The van der Waals surface area contributed by atoms with E-state index in [1.54, 1.807) is 6.20 Å². The van der Waals surface area contributed by atoms with Crippen LogP contribution in [0.1, 0.15) is 12.0 Å². The van der Waals surface area contributed by atoms with Crippen LogP contribution in [0, 0.1) is 0 Å². The first-order chi connectivity index (χ1) is 10.3. The molecule has 1 aromatic heterocycles. The van der Waals surface area contributed by atoms with Gasteiger partial charge in [0, 0.05) is 24.3 Å². The van der Waals surface area contributed by atoms with Crippen molar-refractivity contribution in [1.82, 2.24) is 9.88 Å². The molecule has 1 atom stereocenters. The molecule has 4 nitrogen and oxygen atoms in total. The summed E-state index contributed by atoms with van der Waals surface area (Å²) in [5, 5.41) is 0. The summed E-state index contributed by atoms with van der Waals surface area (Å²) in [5.74, 6) is 0.825. The number of aromatic nitrogens is 1. The standard InChI is InChI=1S/C17H21N3O/c1-20-6-5-16(20)12-21-17-8-15(10-19-11-17)14-4-2-3-13(7-14)9-18/h2-4,7-8,10-11,16H,5-6,9,12,18H2,1H3/t16-/m0/s1. The molecule has 0 amide bonds. The minimum absolute atomic E-state index is 0.536. The van der Waals surface area contributed by atoms with Gasteiger partial charge in [0.15, 0.2) is 0 Å². The summed E-state index contributed by atoms with van der Waals surface area (Å²) in [5.41, 5.74) is 9.00. The molecule has 1 fully saturated rings. The highest BCUT2D eigenvalue weighted by Crippen LogP contribution is 2.24. The number of benzene rings is 1. The molecule has 0 spiro atoms. The second-order valence-electron chi connectivity index (χ2n) is 5.55. The topological polar surface area (TPSA) is 51.4 Å². The maximum absolute atomic E-state index is 5.87. The van der Waals surface area contributed by atoms with Gasteiger partial charge in [0.1, 0.15) is 12.4 Å². The molecule has 0 bridgehead atoms. The summed E-state index contributed by atoms with van der Waals surface area (Å²) in [6, 6.07) is 10.8. The number of rotatable bonds is 5. The van der Waals surface area contributed by atoms with Crippen LogP contribution in [-0.2, 0) is 6.54 Å². The highest BCUT2D eigenvalue weighted by Gasteiger charge is 2.24. The van der Waals surface area contributed by atoms with Gasteiger partial charge in [-0.2, -0.15) is 0 Å². The third-order valence-electron chi connectivity index (χ3n) is 4.09. The largest absolute Gasteiger partial charge is 0.490 e. The average Bonchev–Trinajstić information content (AvgIpc) is 2.54.